The number of pyridine rings is 1. The van der Waals surface area contributed by atoms with Gasteiger partial charge in [0.15, 0.2) is 0 Å². The summed E-state index contributed by atoms with van der Waals surface area (Å²) in [6.07, 6.45) is 1.74. The summed E-state index contributed by atoms with van der Waals surface area (Å²) in [5, 5.41) is 0.728. The van der Waals surface area contributed by atoms with E-state index in [1.807, 2.05) is 0 Å². The van der Waals surface area contributed by atoms with Gasteiger partial charge >= 0.3 is 0 Å². The van der Waals surface area contributed by atoms with Crippen molar-refractivity contribution in [2.24, 2.45) is 0 Å². The van der Waals surface area contributed by atoms with Crippen LogP contribution in [0.3, 0.4) is 0 Å². The van der Waals surface area contributed by atoms with Gasteiger partial charge < -0.3 is 9.80 Å². The normalized spacial score (nSPS) is 22.5. The summed E-state index contributed by atoms with van der Waals surface area (Å²) in [5.41, 5.74) is 0. The average molecular weight is 352 g/mol. The van der Waals surface area contributed by atoms with Gasteiger partial charge in [-0.3, -0.25) is 0 Å². The maximum absolute atomic E-state index is 5.98. The van der Waals surface area contributed by atoms with E-state index in [-0.39, 0.29) is 0 Å². The number of anilines is 1. The largest absolute Gasteiger partial charge is 0.351 e. The van der Waals surface area contributed by atoms with E-state index in [1.54, 1.807) is 6.20 Å². The molecule has 0 N–H and O–H groups in total. The molecule has 1 saturated heterocycles. The van der Waals surface area contributed by atoms with Gasteiger partial charge in [-0.2, -0.15) is 0 Å². The van der Waals surface area contributed by atoms with Crippen LogP contribution in [0.4, 0.5) is 5.82 Å². The Balaban J connectivity index is 2.20. The van der Waals surface area contributed by atoms with E-state index in [1.165, 1.54) is 0 Å². The maximum Gasteiger partial charge on any atom is 0.129 e. The van der Waals surface area contributed by atoms with Gasteiger partial charge in [0.1, 0.15) is 5.82 Å². The topological polar surface area (TPSA) is 19.4 Å². The van der Waals surface area contributed by atoms with Crippen molar-refractivity contribution in [1.82, 2.24) is 9.88 Å². The number of hydrogen-bond donors (Lipinski definition) is 0. The summed E-state index contributed by atoms with van der Waals surface area (Å²) in [7, 11) is 2.16. The molecule has 88 valence electrons. The second kappa shape index (κ2) is 5.06. The fraction of sp³-hybridized carbons (Fsp3) is 0.545. The monoisotopic (exact) mass is 351 g/mol. The van der Waals surface area contributed by atoms with E-state index in [0.717, 1.165) is 34.0 Å². The Labute approximate surface area is 115 Å². The van der Waals surface area contributed by atoms with Gasteiger partial charge in [-0.25, -0.2) is 4.98 Å². The van der Waals surface area contributed by atoms with Gasteiger partial charge in [0.2, 0.25) is 0 Å². The molecule has 0 amide bonds. The lowest BCUT2D eigenvalue weighted by molar-refractivity contribution is 0.274. The Morgan fingerprint density at radius 3 is 2.88 bits per heavy atom. The van der Waals surface area contributed by atoms with Gasteiger partial charge in [0, 0.05) is 35.4 Å². The highest BCUT2D eigenvalue weighted by Gasteiger charge is 2.22. The summed E-state index contributed by atoms with van der Waals surface area (Å²) in [6.45, 7) is 5.44. The second-order valence-electron chi connectivity index (χ2n) is 4.26. The van der Waals surface area contributed by atoms with Crippen molar-refractivity contribution in [3.8, 4) is 0 Å². The van der Waals surface area contributed by atoms with Crippen LogP contribution in [0.2, 0.25) is 5.02 Å². The van der Waals surface area contributed by atoms with E-state index in [9.17, 15) is 0 Å². The predicted octanol–water partition coefficient (Wildman–Crippen LogP) is 2.48. The first-order valence-electron chi connectivity index (χ1n) is 5.34. The third-order valence-electron chi connectivity index (χ3n) is 2.92. The molecule has 0 aromatic carbocycles. The van der Waals surface area contributed by atoms with Crippen LogP contribution in [0.15, 0.2) is 12.3 Å². The lowest BCUT2D eigenvalue weighted by Crippen LogP contribution is -2.50. The first-order chi connectivity index (χ1) is 7.58. The average Bonchev–Trinajstić information content (AvgIpc) is 2.22. The molecule has 1 aromatic rings. The zero-order valence-electron chi connectivity index (χ0n) is 9.45. The van der Waals surface area contributed by atoms with E-state index in [0.29, 0.717) is 6.04 Å². The van der Waals surface area contributed by atoms with Crippen LogP contribution in [0.25, 0.3) is 0 Å². The highest BCUT2D eigenvalue weighted by atomic mass is 127. The van der Waals surface area contributed by atoms with Crippen LogP contribution in [0.1, 0.15) is 6.92 Å². The molecule has 3 nitrogen and oxygen atoms in total. The lowest BCUT2D eigenvalue weighted by Gasteiger charge is -2.39. The number of hydrogen-bond acceptors (Lipinski definition) is 3. The van der Waals surface area contributed by atoms with Gasteiger partial charge in [-0.1, -0.05) is 11.6 Å². The molecule has 2 heterocycles. The van der Waals surface area contributed by atoms with Crippen molar-refractivity contribution in [2.75, 3.05) is 31.6 Å². The van der Waals surface area contributed by atoms with Crippen molar-refractivity contribution in [3.05, 3.63) is 20.9 Å². The molecule has 1 fully saturated rings. The molecule has 0 bridgehead atoms. The second-order valence-corrected chi connectivity index (χ2v) is 5.83. The number of nitrogens with zero attached hydrogens (tertiary/aromatic N) is 3. The molecule has 0 spiro atoms. The Bertz CT molecular complexity index is 385. The van der Waals surface area contributed by atoms with Crippen molar-refractivity contribution in [1.29, 1.82) is 0 Å². The quantitative estimate of drug-likeness (QED) is 0.725. The van der Waals surface area contributed by atoms with Crippen LogP contribution in [-0.2, 0) is 0 Å². The molecule has 1 aliphatic rings. The van der Waals surface area contributed by atoms with Gasteiger partial charge in [-0.05, 0) is 42.6 Å². The molecule has 0 unspecified atom stereocenters. The molecular formula is C11H15ClIN3. The predicted molar refractivity (Wildman–Crippen MR) is 76.3 cm³/mol. The summed E-state index contributed by atoms with van der Waals surface area (Å²) in [5.74, 6) is 1.04. The molecule has 1 aliphatic heterocycles. The van der Waals surface area contributed by atoms with Gasteiger partial charge in [0.05, 0.1) is 5.02 Å². The molecule has 1 aromatic heterocycles. The lowest BCUT2D eigenvalue weighted by atomic mass is 10.2. The minimum absolute atomic E-state index is 0.503. The Morgan fingerprint density at radius 2 is 2.25 bits per heavy atom. The first kappa shape index (κ1) is 12.4. The third kappa shape index (κ3) is 2.60. The van der Waals surface area contributed by atoms with Crippen molar-refractivity contribution in [2.45, 2.75) is 13.0 Å². The molecule has 5 heteroatoms. The maximum atomic E-state index is 5.98. The summed E-state index contributed by atoms with van der Waals surface area (Å²) >= 11 is 8.23. The smallest absolute Gasteiger partial charge is 0.129 e. The summed E-state index contributed by atoms with van der Waals surface area (Å²) < 4.78 is 1.07. The first-order valence-corrected chi connectivity index (χ1v) is 6.80. The molecule has 0 aliphatic carbocycles. The molecule has 16 heavy (non-hydrogen) atoms. The van der Waals surface area contributed by atoms with E-state index in [2.05, 4.69) is 57.4 Å². The zero-order chi connectivity index (χ0) is 11.7. The molecule has 0 radical (unpaired) electrons. The fourth-order valence-corrected chi connectivity index (χ4v) is 2.56. The number of halogens is 2. The Hall–Kier alpha value is -0.0700. The Kier molecular flexibility index (Phi) is 3.92. The van der Waals surface area contributed by atoms with Crippen LogP contribution < -0.4 is 4.90 Å². The van der Waals surface area contributed by atoms with E-state index in [4.69, 9.17) is 11.6 Å². The Morgan fingerprint density at radius 1 is 1.50 bits per heavy atom. The molecule has 1 atom stereocenters. The molecular weight excluding hydrogens is 336 g/mol. The SMILES string of the molecule is C[C@H]1CN(C)CCN1c1cc(I)c(Cl)cn1. The van der Waals surface area contributed by atoms with Crippen LogP contribution in [-0.4, -0.2) is 42.6 Å². The van der Waals surface area contributed by atoms with Crippen molar-refractivity contribution >= 4 is 40.0 Å². The highest BCUT2D eigenvalue weighted by Crippen LogP contribution is 2.24. The number of likely N-dealkylation sites (N-methyl/N-ethyl adjacent to an activating group) is 1. The highest BCUT2D eigenvalue weighted by molar-refractivity contribution is 14.1. The molecule has 2 rings (SSSR count). The van der Waals surface area contributed by atoms with Crippen molar-refractivity contribution in [3.63, 3.8) is 0 Å². The standard InChI is InChI=1S/C11H15ClIN3/c1-8-7-15(2)3-4-16(8)11-5-10(13)9(12)6-14-11/h5-6,8H,3-4,7H2,1-2H3/t8-/m0/s1. The molecule has 0 saturated carbocycles. The van der Waals surface area contributed by atoms with Gasteiger partial charge in [0.25, 0.3) is 0 Å². The van der Waals surface area contributed by atoms with Crippen molar-refractivity contribution < 1.29 is 0 Å². The minimum atomic E-state index is 0.503. The van der Waals surface area contributed by atoms with Gasteiger partial charge in [-0.15, -0.1) is 0 Å². The van der Waals surface area contributed by atoms with Crippen LogP contribution in [0.5, 0.6) is 0 Å². The van der Waals surface area contributed by atoms with Crippen LogP contribution in [0, 0.1) is 3.57 Å². The summed E-state index contributed by atoms with van der Waals surface area (Å²) in [6, 6.07) is 2.56. The summed E-state index contributed by atoms with van der Waals surface area (Å²) in [4.78, 5) is 9.10. The minimum Gasteiger partial charge on any atom is -0.351 e. The zero-order valence-corrected chi connectivity index (χ0v) is 12.4. The number of rotatable bonds is 1. The third-order valence-corrected chi connectivity index (χ3v) is 4.43. The fourth-order valence-electron chi connectivity index (χ4n) is 2.04. The van der Waals surface area contributed by atoms with E-state index < -0.39 is 0 Å². The van der Waals surface area contributed by atoms with E-state index >= 15 is 0 Å². The number of piperazine rings is 1. The number of aromatic nitrogens is 1. The van der Waals surface area contributed by atoms with Crippen LogP contribution >= 0.6 is 34.2 Å².